The van der Waals surface area contributed by atoms with E-state index in [1.54, 1.807) is 0 Å². The maximum absolute atomic E-state index is 11.3. The molecule has 0 saturated carbocycles. The summed E-state index contributed by atoms with van der Waals surface area (Å²) < 4.78 is 5.54. The van der Waals surface area contributed by atoms with Crippen molar-refractivity contribution >= 4 is 14.0 Å². The Morgan fingerprint density at radius 2 is 2.13 bits per heavy atom. The van der Waals surface area contributed by atoms with Gasteiger partial charge in [-0.15, -0.1) is 6.58 Å². The van der Waals surface area contributed by atoms with Crippen LogP contribution in [-0.4, -0.2) is 19.3 Å². The smallest absolute Gasteiger partial charge is 0.312 e. The number of rotatable bonds is 5. The predicted molar refractivity (Wildman–Crippen MR) is 65.4 cm³/mol. The van der Waals surface area contributed by atoms with E-state index in [1.807, 2.05) is 13.0 Å². The molecule has 0 bridgehead atoms. The zero-order valence-corrected chi connectivity index (χ0v) is 11.3. The van der Waals surface area contributed by atoms with Crippen molar-refractivity contribution in [2.45, 2.75) is 51.1 Å². The normalized spacial score (nSPS) is 30.7. The lowest BCUT2D eigenvalue weighted by Gasteiger charge is -2.53. The quantitative estimate of drug-likeness (QED) is 0.311. The number of carbonyl (C=O) groups is 1. The van der Waals surface area contributed by atoms with Gasteiger partial charge >= 0.3 is 5.97 Å². The summed E-state index contributed by atoms with van der Waals surface area (Å²) in [5, 5.41) is -0.118. The van der Waals surface area contributed by atoms with Crippen LogP contribution in [0.4, 0.5) is 0 Å². The molecule has 1 rings (SSSR count). The van der Waals surface area contributed by atoms with Crippen molar-refractivity contribution in [1.82, 2.24) is 0 Å². The summed E-state index contributed by atoms with van der Waals surface area (Å²) in [6.45, 7) is 12.6. The SMILES string of the molecule is C=CCCC[C@@]1([Si](C)(C)C)OC(=O)[C@@H]1C. The van der Waals surface area contributed by atoms with Crippen LogP contribution in [0.5, 0.6) is 0 Å². The van der Waals surface area contributed by atoms with Gasteiger partial charge < -0.3 is 4.74 Å². The summed E-state index contributed by atoms with van der Waals surface area (Å²) in [4.78, 5) is 11.3. The Kier molecular flexibility index (Phi) is 3.43. The first-order chi connectivity index (χ1) is 6.85. The zero-order chi connectivity index (χ0) is 11.7. The Bertz CT molecular complexity index is 267. The first kappa shape index (κ1) is 12.5. The van der Waals surface area contributed by atoms with E-state index < -0.39 is 8.07 Å². The number of ether oxygens (including phenoxy) is 1. The number of cyclic esters (lactones) is 1. The second kappa shape index (κ2) is 4.12. The number of carbonyl (C=O) groups excluding carboxylic acids is 1. The van der Waals surface area contributed by atoms with Crippen molar-refractivity contribution in [2.75, 3.05) is 0 Å². The monoisotopic (exact) mass is 226 g/mol. The summed E-state index contributed by atoms with van der Waals surface area (Å²) in [6, 6.07) is 0. The van der Waals surface area contributed by atoms with Crippen LogP contribution in [0.25, 0.3) is 0 Å². The number of allylic oxidation sites excluding steroid dienone is 1. The number of unbranched alkanes of at least 4 members (excludes halogenated alkanes) is 1. The molecule has 1 aliphatic rings. The molecular weight excluding hydrogens is 204 g/mol. The van der Waals surface area contributed by atoms with Crippen LogP contribution in [0, 0.1) is 5.92 Å². The zero-order valence-electron chi connectivity index (χ0n) is 10.3. The van der Waals surface area contributed by atoms with E-state index >= 15 is 0 Å². The second-order valence-corrected chi connectivity index (χ2v) is 10.8. The highest BCUT2D eigenvalue weighted by atomic mass is 28.3. The highest BCUT2D eigenvalue weighted by molar-refractivity contribution is 6.79. The second-order valence-electron chi connectivity index (χ2n) is 5.46. The van der Waals surface area contributed by atoms with Crippen molar-refractivity contribution in [3.63, 3.8) is 0 Å². The number of esters is 1. The average molecular weight is 226 g/mol. The first-order valence-corrected chi connectivity index (χ1v) is 9.19. The van der Waals surface area contributed by atoms with E-state index in [0.29, 0.717) is 0 Å². The lowest BCUT2D eigenvalue weighted by Crippen LogP contribution is -2.68. The maximum atomic E-state index is 11.3. The maximum Gasteiger partial charge on any atom is 0.312 e. The fraction of sp³-hybridized carbons (Fsp3) is 0.750. The van der Waals surface area contributed by atoms with Crippen molar-refractivity contribution in [1.29, 1.82) is 0 Å². The molecule has 0 aromatic rings. The van der Waals surface area contributed by atoms with Crippen LogP contribution in [0.15, 0.2) is 12.7 Å². The molecule has 0 unspecified atom stereocenters. The van der Waals surface area contributed by atoms with Gasteiger partial charge in [0.2, 0.25) is 0 Å². The van der Waals surface area contributed by atoms with Gasteiger partial charge in [0.05, 0.1) is 14.0 Å². The van der Waals surface area contributed by atoms with Gasteiger partial charge in [0, 0.05) is 0 Å². The Morgan fingerprint density at radius 1 is 1.53 bits per heavy atom. The number of hydrogen-bond donors (Lipinski definition) is 0. The molecule has 0 aliphatic carbocycles. The van der Waals surface area contributed by atoms with Crippen LogP contribution in [0.3, 0.4) is 0 Å². The van der Waals surface area contributed by atoms with Gasteiger partial charge in [-0.1, -0.05) is 25.7 Å². The lowest BCUT2D eigenvalue weighted by molar-refractivity contribution is -0.194. The third kappa shape index (κ3) is 2.02. The van der Waals surface area contributed by atoms with E-state index in [1.165, 1.54) is 0 Å². The Labute approximate surface area is 93.7 Å². The Morgan fingerprint density at radius 3 is 2.47 bits per heavy atom. The van der Waals surface area contributed by atoms with Crippen molar-refractivity contribution < 1.29 is 9.53 Å². The molecule has 1 saturated heterocycles. The molecule has 3 heteroatoms. The summed E-state index contributed by atoms with van der Waals surface area (Å²) in [5.74, 6) is 0.0741. The summed E-state index contributed by atoms with van der Waals surface area (Å²) >= 11 is 0. The molecule has 0 aromatic heterocycles. The molecule has 1 fully saturated rings. The highest BCUT2D eigenvalue weighted by Crippen LogP contribution is 2.45. The van der Waals surface area contributed by atoms with E-state index in [9.17, 15) is 4.79 Å². The molecule has 0 amide bonds. The Balaban J connectivity index is 2.72. The van der Waals surface area contributed by atoms with E-state index in [4.69, 9.17) is 4.74 Å². The third-order valence-corrected chi connectivity index (χ3v) is 6.89. The van der Waals surface area contributed by atoms with Gasteiger partial charge in [0.15, 0.2) is 0 Å². The van der Waals surface area contributed by atoms with Gasteiger partial charge in [0.1, 0.15) is 5.22 Å². The lowest BCUT2D eigenvalue weighted by atomic mass is 9.93. The first-order valence-electron chi connectivity index (χ1n) is 5.69. The molecule has 1 heterocycles. The van der Waals surface area contributed by atoms with Crippen LogP contribution in [0.2, 0.25) is 19.6 Å². The summed E-state index contributed by atoms with van der Waals surface area (Å²) in [7, 11) is -1.46. The summed E-state index contributed by atoms with van der Waals surface area (Å²) in [6.07, 6.45) is 5.02. The van der Waals surface area contributed by atoms with E-state index in [-0.39, 0.29) is 17.1 Å². The van der Waals surface area contributed by atoms with Crippen LogP contribution in [-0.2, 0) is 9.53 Å². The molecule has 0 radical (unpaired) electrons. The van der Waals surface area contributed by atoms with Gasteiger partial charge in [-0.25, -0.2) is 0 Å². The van der Waals surface area contributed by atoms with Gasteiger partial charge in [0.25, 0.3) is 0 Å². The molecule has 15 heavy (non-hydrogen) atoms. The van der Waals surface area contributed by atoms with Crippen LogP contribution < -0.4 is 0 Å². The van der Waals surface area contributed by atoms with Gasteiger partial charge in [-0.05, 0) is 26.2 Å². The number of hydrogen-bond acceptors (Lipinski definition) is 2. The molecule has 0 spiro atoms. The largest absolute Gasteiger partial charge is 0.462 e. The van der Waals surface area contributed by atoms with Crippen molar-refractivity contribution in [3.05, 3.63) is 12.7 Å². The molecule has 0 aromatic carbocycles. The highest BCUT2D eigenvalue weighted by Gasteiger charge is 2.60. The van der Waals surface area contributed by atoms with Crippen molar-refractivity contribution in [2.24, 2.45) is 5.92 Å². The third-order valence-electron chi connectivity index (χ3n) is 3.56. The molecular formula is C12H22O2Si. The van der Waals surface area contributed by atoms with Gasteiger partial charge in [-0.3, -0.25) is 4.79 Å². The standard InChI is InChI=1S/C12H22O2Si/c1-6-7-8-9-12(15(3,4)5)10(2)11(13)14-12/h6,10H,1,7-9H2,2-5H3/t10-,12-/m0/s1. The average Bonchev–Trinajstić information content (AvgIpc) is 2.14. The minimum Gasteiger partial charge on any atom is -0.462 e. The Hall–Kier alpha value is -0.573. The van der Waals surface area contributed by atoms with Crippen LogP contribution >= 0.6 is 0 Å². The fourth-order valence-corrected chi connectivity index (χ4v) is 5.19. The molecule has 0 N–H and O–H groups in total. The van der Waals surface area contributed by atoms with Gasteiger partial charge in [-0.2, -0.15) is 0 Å². The fourth-order valence-electron chi connectivity index (χ4n) is 2.44. The van der Waals surface area contributed by atoms with Crippen LogP contribution in [0.1, 0.15) is 26.2 Å². The van der Waals surface area contributed by atoms with E-state index in [2.05, 4.69) is 26.2 Å². The molecule has 86 valence electrons. The minimum absolute atomic E-state index is 0.0176. The molecule has 2 atom stereocenters. The minimum atomic E-state index is -1.46. The predicted octanol–water partition coefficient (Wildman–Crippen LogP) is 3.15. The topological polar surface area (TPSA) is 26.3 Å². The molecule has 2 nitrogen and oxygen atoms in total. The van der Waals surface area contributed by atoms with E-state index in [0.717, 1.165) is 19.3 Å². The summed E-state index contributed by atoms with van der Waals surface area (Å²) in [5.41, 5.74) is 0. The molecule has 1 aliphatic heterocycles. The van der Waals surface area contributed by atoms with Crippen molar-refractivity contribution in [3.8, 4) is 0 Å².